The van der Waals surface area contributed by atoms with Crippen LogP contribution in [0.15, 0.2) is 30.6 Å². The number of aromatic nitrogens is 2. The van der Waals surface area contributed by atoms with E-state index >= 15 is 0 Å². The lowest BCUT2D eigenvalue weighted by Gasteiger charge is -2.05. The molecule has 1 heterocycles. The summed E-state index contributed by atoms with van der Waals surface area (Å²) >= 11 is 2.18. The number of nitrogens with zero attached hydrogens (tertiary/aromatic N) is 2. The molecule has 1 aromatic heterocycles. The van der Waals surface area contributed by atoms with Crippen LogP contribution in [0.4, 0.5) is 5.69 Å². The van der Waals surface area contributed by atoms with E-state index in [2.05, 4.69) is 27.7 Å². The number of nitrogens with two attached hydrogens (primary N) is 1. The summed E-state index contributed by atoms with van der Waals surface area (Å²) in [7, 11) is 0. The SMILES string of the molecule is CC(=O)c1cc(-n2cc(I)cn2)ccc1N. The number of hydrogen-bond donors (Lipinski definition) is 1. The predicted molar refractivity (Wildman–Crippen MR) is 70.7 cm³/mol. The van der Waals surface area contributed by atoms with Crippen molar-refractivity contribution >= 4 is 34.1 Å². The molecule has 2 aromatic rings. The van der Waals surface area contributed by atoms with Gasteiger partial charge in [-0.25, -0.2) is 4.68 Å². The molecule has 0 bridgehead atoms. The maximum Gasteiger partial charge on any atom is 0.161 e. The van der Waals surface area contributed by atoms with Crippen molar-refractivity contribution in [3.63, 3.8) is 0 Å². The molecular formula is C11H10IN3O. The minimum atomic E-state index is -0.0406. The quantitative estimate of drug-likeness (QED) is 0.523. The first kappa shape index (κ1) is 11.1. The van der Waals surface area contributed by atoms with Crippen molar-refractivity contribution in [2.75, 3.05) is 5.73 Å². The lowest BCUT2D eigenvalue weighted by Crippen LogP contribution is -2.02. The van der Waals surface area contributed by atoms with Crippen LogP contribution in [0.25, 0.3) is 5.69 Å². The molecule has 16 heavy (non-hydrogen) atoms. The Labute approximate surface area is 107 Å². The second-order valence-electron chi connectivity index (χ2n) is 3.43. The zero-order valence-electron chi connectivity index (χ0n) is 8.64. The first-order chi connectivity index (χ1) is 7.58. The highest BCUT2D eigenvalue weighted by atomic mass is 127. The van der Waals surface area contributed by atoms with Gasteiger partial charge in [-0.15, -0.1) is 0 Å². The van der Waals surface area contributed by atoms with Gasteiger partial charge in [0.2, 0.25) is 0 Å². The average Bonchev–Trinajstić information content (AvgIpc) is 2.65. The van der Waals surface area contributed by atoms with Gasteiger partial charge in [-0.1, -0.05) is 0 Å². The van der Waals surface area contributed by atoms with Crippen molar-refractivity contribution in [3.8, 4) is 5.69 Å². The number of rotatable bonds is 2. The van der Waals surface area contributed by atoms with Gasteiger partial charge in [-0.3, -0.25) is 4.79 Å². The second-order valence-corrected chi connectivity index (χ2v) is 4.68. The highest BCUT2D eigenvalue weighted by molar-refractivity contribution is 14.1. The van der Waals surface area contributed by atoms with Gasteiger partial charge in [0.25, 0.3) is 0 Å². The standard InChI is InChI=1S/C11H10IN3O/c1-7(16)10-4-9(2-3-11(10)13)15-6-8(12)5-14-15/h2-6H,13H2,1H3. The topological polar surface area (TPSA) is 60.9 Å². The summed E-state index contributed by atoms with van der Waals surface area (Å²) in [6.45, 7) is 1.50. The Balaban J connectivity index is 2.51. The first-order valence-electron chi connectivity index (χ1n) is 4.69. The largest absolute Gasteiger partial charge is 0.398 e. The van der Waals surface area contributed by atoms with Crippen LogP contribution in [0.2, 0.25) is 0 Å². The van der Waals surface area contributed by atoms with E-state index in [1.165, 1.54) is 6.92 Å². The van der Waals surface area contributed by atoms with E-state index < -0.39 is 0 Å². The number of halogens is 1. The Morgan fingerprint density at radius 1 is 1.50 bits per heavy atom. The van der Waals surface area contributed by atoms with Gasteiger partial charge < -0.3 is 5.73 Å². The summed E-state index contributed by atoms with van der Waals surface area (Å²) < 4.78 is 2.76. The van der Waals surface area contributed by atoms with Crippen LogP contribution in [0.5, 0.6) is 0 Å². The number of hydrogen-bond acceptors (Lipinski definition) is 3. The van der Waals surface area contributed by atoms with Crippen LogP contribution >= 0.6 is 22.6 Å². The molecule has 0 fully saturated rings. The summed E-state index contributed by atoms with van der Waals surface area (Å²) in [4.78, 5) is 11.3. The van der Waals surface area contributed by atoms with Crippen molar-refractivity contribution in [1.82, 2.24) is 9.78 Å². The monoisotopic (exact) mass is 327 g/mol. The molecule has 1 aromatic carbocycles. The van der Waals surface area contributed by atoms with E-state index in [-0.39, 0.29) is 5.78 Å². The molecule has 82 valence electrons. The van der Waals surface area contributed by atoms with Crippen LogP contribution < -0.4 is 5.73 Å². The van der Waals surface area contributed by atoms with E-state index in [1.54, 1.807) is 23.0 Å². The number of ketones is 1. The van der Waals surface area contributed by atoms with E-state index in [1.807, 2.05) is 12.3 Å². The molecule has 0 aliphatic rings. The van der Waals surface area contributed by atoms with Crippen LogP contribution in [0.3, 0.4) is 0 Å². The van der Waals surface area contributed by atoms with Crippen molar-refractivity contribution < 1.29 is 4.79 Å². The van der Waals surface area contributed by atoms with Crippen LogP contribution in [0.1, 0.15) is 17.3 Å². The van der Waals surface area contributed by atoms with Crippen molar-refractivity contribution in [2.45, 2.75) is 6.92 Å². The molecule has 0 unspecified atom stereocenters. The molecule has 0 radical (unpaired) electrons. The normalized spacial score (nSPS) is 10.4. The maximum absolute atomic E-state index is 11.3. The first-order valence-corrected chi connectivity index (χ1v) is 5.77. The van der Waals surface area contributed by atoms with Crippen molar-refractivity contribution in [3.05, 3.63) is 39.7 Å². The van der Waals surface area contributed by atoms with Gasteiger partial charge >= 0.3 is 0 Å². The zero-order valence-corrected chi connectivity index (χ0v) is 10.8. The van der Waals surface area contributed by atoms with Gasteiger partial charge in [0.15, 0.2) is 5.78 Å². The summed E-state index contributed by atoms with van der Waals surface area (Å²) in [6.07, 6.45) is 3.64. The van der Waals surface area contributed by atoms with Crippen molar-refractivity contribution in [1.29, 1.82) is 0 Å². The van der Waals surface area contributed by atoms with Crippen LogP contribution in [-0.2, 0) is 0 Å². The molecule has 2 N–H and O–H groups in total. The molecule has 0 amide bonds. The Kier molecular flexibility index (Phi) is 2.95. The third-order valence-electron chi connectivity index (χ3n) is 2.23. The predicted octanol–water partition coefficient (Wildman–Crippen LogP) is 2.26. The number of benzene rings is 1. The maximum atomic E-state index is 11.3. The molecule has 0 atom stereocenters. The Morgan fingerprint density at radius 2 is 2.25 bits per heavy atom. The molecule has 4 nitrogen and oxygen atoms in total. The number of anilines is 1. The Hall–Kier alpha value is -1.37. The van der Waals surface area contributed by atoms with E-state index in [0.29, 0.717) is 11.3 Å². The molecule has 0 aliphatic carbocycles. The van der Waals surface area contributed by atoms with Gasteiger partial charge in [-0.2, -0.15) is 5.10 Å². The molecule has 0 spiro atoms. The van der Waals surface area contributed by atoms with E-state index in [4.69, 9.17) is 5.73 Å². The van der Waals surface area contributed by atoms with Crippen LogP contribution in [-0.4, -0.2) is 15.6 Å². The molecule has 0 saturated carbocycles. The highest BCUT2D eigenvalue weighted by Crippen LogP contribution is 2.18. The Morgan fingerprint density at radius 3 is 2.81 bits per heavy atom. The van der Waals surface area contributed by atoms with Crippen molar-refractivity contribution in [2.24, 2.45) is 0 Å². The van der Waals surface area contributed by atoms with Gasteiger partial charge in [-0.05, 0) is 47.7 Å². The lowest BCUT2D eigenvalue weighted by molar-refractivity contribution is 0.101. The molecule has 5 heteroatoms. The summed E-state index contributed by atoms with van der Waals surface area (Å²) in [5.74, 6) is -0.0406. The molecule has 0 saturated heterocycles. The minimum Gasteiger partial charge on any atom is -0.398 e. The van der Waals surface area contributed by atoms with E-state index in [9.17, 15) is 4.79 Å². The number of nitrogen functional groups attached to an aromatic ring is 1. The minimum absolute atomic E-state index is 0.0406. The number of carbonyl (C=O) groups excluding carboxylic acids is 1. The zero-order chi connectivity index (χ0) is 11.7. The number of carbonyl (C=O) groups is 1. The summed E-state index contributed by atoms with van der Waals surface area (Å²) in [5, 5.41) is 4.17. The Bertz CT molecular complexity index is 548. The van der Waals surface area contributed by atoms with Crippen LogP contribution in [0, 0.1) is 3.57 Å². The van der Waals surface area contributed by atoms with Gasteiger partial charge in [0.05, 0.1) is 15.5 Å². The van der Waals surface area contributed by atoms with Gasteiger partial charge in [0, 0.05) is 17.4 Å². The third kappa shape index (κ3) is 2.08. The molecule has 0 aliphatic heterocycles. The number of Topliss-reactive ketones (excluding diaryl/α,β-unsaturated/α-hetero) is 1. The third-order valence-corrected chi connectivity index (χ3v) is 2.79. The fourth-order valence-electron chi connectivity index (χ4n) is 1.43. The summed E-state index contributed by atoms with van der Waals surface area (Å²) in [6, 6.07) is 5.31. The molecular weight excluding hydrogens is 317 g/mol. The fraction of sp³-hybridized carbons (Fsp3) is 0.0909. The molecule has 2 rings (SSSR count). The lowest BCUT2D eigenvalue weighted by atomic mass is 10.1. The smallest absolute Gasteiger partial charge is 0.161 e. The van der Waals surface area contributed by atoms with Gasteiger partial charge in [0.1, 0.15) is 0 Å². The summed E-state index contributed by atoms with van der Waals surface area (Å²) in [5.41, 5.74) is 7.59. The highest BCUT2D eigenvalue weighted by Gasteiger charge is 2.07. The fourth-order valence-corrected chi connectivity index (χ4v) is 1.82. The average molecular weight is 327 g/mol. The van der Waals surface area contributed by atoms with E-state index in [0.717, 1.165) is 9.26 Å². The second kappa shape index (κ2) is 4.25.